The molecule has 3 heterocycles. The van der Waals surface area contributed by atoms with Crippen LogP contribution in [0.2, 0.25) is 0 Å². The highest BCUT2D eigenvalue weighted by Crippen LogP contribution is 2.36. The van der Waals surface area contributed by atoms with Crippen molar-refractivity contribution in [3.8, 4) is 0 Å². The van der Waals surface area contributed by atoms with Crippen LogP contribution in [0, 0.1) is 5.89 Å². The summed E-state index contributed by atoms with van der Waals surface area (Å²) < 4.78 is 118. The van der Waals surface area contributed by atoms with E-state index in [2.05, 4.69) is 4.98 Å². The summed E-state index contributed by atoms with van der Waals surface area (Å²) in [5.74, 6) is -3.83. The Balaban J connectivity index is 2.20. The van der Waals surface area contributed by atoms with Crippen molar-refractivity contribution in [3.05, 3.63) is 5.36 Å². The molecule has 1 aromatic rings. The molecule has 6 heteroatoms. The van der Waals surface area contributed by atoms with Crippen LogP contribution in [-0.2, 0) is 9.31 Å². The number of thiazole rings is 1. The molecular formula is C15H25BN2O2S. The largest absolute Gasteiger partial charge is 0.515 e. The molecule has 0 aliphatic carbocycles. The lowest BCUT2D eigenvalue weighted by molar-refractivity contribution is 0.00578. The highest BCUT2D eigenvalue weighted by Gasteiger charge is 2.52. The van der Waals surface area contributed by atoms with Gasteiger partial charge < -0.3 is 14.2 Å². The monoisotopic (exact) mass is 321 g/mol. The van der Waals surface area contributed by atoms with Gasteiger partial charge in [-0.1, -0.05) is 6.85 Å². The van der Waals surface area contributed by atoms with E-state index in [1.165, 1.54) is 0 Å². The summed E-state index contributed by atoms with van der Waals surface area (Å²) in [5, 5.41) is -0.940. The zero-order valence-electron chi connectivity index (χ0n) is 25.2. The zero-order chi connectivity index (χ0) is 26.7. The highest BCUT2D eigenvalue weighted by molar-refractivity contribution is 7.14. The van der Waals surface area contributed by atoms with Gasteiger partial charge in [0.25, 0.3) is 0 Å². The van der Waals surface area contributed by atoms with Crippen molar-refractivity contribution in [1.82, 2.24) is 4.98 Å². The van der Waals surface area contributed by atoms with E-state index in [9.17, 15) is 0 Å². The van der Waals surface area contributed by atoms with Gasteiger partial charge in [-0.15, -0.1) is 11.3 Å². The van der Waals surface area contributed by atoms with Gasteiger partial charge in [0.05, 0.1) is 18.2 Å². The predicted octanol–water partition coefficient (Wildman–Crippen LogP) is 2.68. The molecule has 2 saturated heterocycles. The van der Waals surface area contributed by atoms with Crippen LogP contribution in [0.25, 0.3) is 0 Å². The van der Waals surface area contributed by atoms with E-state index in [-0.39, 0.29) is 15.8 Å². The molecule has 0 amide bonds. The van der Waals surface area contributed by atoms with Crippen LogP contribution in [0.5, 0.6) is 0 Å². The van der Waals surface area contributed by atoms with E-state index in [0.29, 0.717) is 11.3 Å². The normalized spacial score (nSPS) is 46.4. The van der Waals surface area contributed by atoms with Crippen molar-refractivity contribution in [3.63, 3.8) is 0 Å². The average molecular weight is 321 g/mol. The average Bonchev–Trinajstić information content (AvgIpc) is 3.07. The molecule has 21 heavy (non-hydrogen) atoms. The molecule has 4 nitrogen and oxygen atoms in total. The van der Waals surface area contributed by atoms with Crippen molar-refractivity contribution in [2.75, 3.05) is 17.9 Å². The van der Waals surface area contributed by atoms with Crippen LogP contribution in [0.15, 0.2) is 5.36 Å². The van der Waals surface area contributed by atoms with Crippen molar-refractivity contribution in [2.24, 2.45) is 5.89 Å². The minimum Gasteiger partial charge on any atom is -0.398 e. The summed E-state index contributed by atoms with van der Waals surface area (Å²) in [7, 11) is -1.19. The van der Waals surface area contributed by atoms with Gasteiger partial charge in [-0.2, -0.15) is 0 Å². The Bertz CT molecular complexity index is 949. The Morgan fingerprint density at radius 2 is 2.05 bits per heavy atom. The molecule has 3 rings (SSSR count). The summed E-state index contributed by atoms with van der Waals surface area (Å²) in [6, 6.07) is 0. The highest BCUT2D eigenvalue weighted by atomic mass is 32.1. The van der Waals surface area contributed by atoms with E-state index in [1.807, 2.05) is 0 Å². The van der Waals surface area contributed by atoms with Gasteiger partial charge in [0.1, 0.15) is 0 Å². The van der Waals surface area contributed by atoms with Gasteiger partial charge in [-0.25, -0.2) is 4.98 Å². The lowest BCUT2D eigenvalue weighted by Crippen LogP contribution is -2.41. The fourth-order valence-electron chi connectivity index (χ4n) is 1.78. The first-order valence-electron chi connectivity index (χ1n) is 12.9. The third kappa shape index (κ3) is 2.85. The summed E-state index contributed by atoms with van der Waals surface area (Å²) in [5.41, 5.74) is -1.78. The number of anilines is 1. The topological polar surface area (TPSA) is 34.6 Å². The maximum Gasteiger partial charge on any atom is 0.515 e. The second kappa shape index (κ2) is 5.25. The Morgan fingerprint density at radius 1 is 1.43 bits per heavy atom. The molecule has 0 bridgehead atoms. The fraction of sp³-hybridized carbons (Fsp3) is 0.800. The van der Waals surface area contributed by atoms with Crippen LogP contribution < -0.4 is 10.5 Å². The van der Waals surface area contributed by atoms with Gasteiger partial charge in [0.15, 0.2) is 5.13 Å². The minimum atomic E-state index is -3.83. The molecule has 116 valence electrons. The maximum absolute atomic E-state index is 8.39. The first-order valence-corrected chi connectivity index (χ1v) is 7.26. The van der Waals surface area contributed by atoms with Gasteiger partial charge in [-0.3, -0.25) is 0 Å². The second-order valence-electron chi connectivity index (χ2n) is 5.76. The standard InChI is InChI=1S/C15H25BN2O2S/c1-11-6-8-18(9-7-11)13-17-12(10-21-13)16-19-14(2,3)15(4,5)20-16/h10-11H,6-9H2,1-5H3/i1D3,6D2,7D2,8D2,9D2,10D,11D. The molecule has 0 saturated carbocycles. The van der Waals surface area contributed by atoms with Crippen LogP contribution >= 0.6 is 11.3 Å². The SMILES string of the molecule is [2H]c1sc(N2C([2H])([2H])C([2H])([2H])C([2H])(C([2H])([2H])[2H])C([2H])([2H])C2([2H])[2H])nc1B1OC(C)(C)C(C)(C)O1. The Hall–Kier alpha value is -0.585. The molecule has 0 spiro atoms. The number of piperidine rings is 1. The first kappa shape index (κ1) is 6.14. The Kier molecular flexibility index (Phi) is 1.53. The fourth-order valence-corrected chi connectivity index (χ4v) is 2.44. The van der Waals surface area contributed by atoms with E-state index in [0.717, 1.165) is 0 Å². The van der Waals surface area contributed by atoms with Crippen LogP contribution in [-0.4, -0.2) is 36.3 Å². The van der Waals surface area contributed by atoms with Crippen molar-refractivity contribution >= 4 is 29.2 Å². The molecule has 2 aliphatic heterocycles. The number of hydrogen-bond acceptors (Lipinski definition) is 5. The van der Waals surface area contributed by atoms with E-state index in [4.69, 9.17) is 27.1 Å². The predicted molar refractivity (Wildman–Crippen MR) is 88.4 cm³/mol. The number of aromatic nitrogens is 1. The Morgan fingerprint density at radius 3 is 2.62 bits per heavy atom. The molecular weight excluding hydrogens is 283 g/mol. The van der Waals surface area contributed by atoms with Crippen LogP contribution in [0.4, 0.5) is 5.13 Å². The van der Waals surface area contributed by atoms with Gasteiger partial charge in [0, 0.05) is 34.8 Å². The van der Waals surface area contributed by atoms with Gasteiger partial charge >= 0.3 is 7.12 Å². The van der Waals surface area contributed by atoms with Gasteiger partial charge in [-0.05, 0) is 46.3 Å². The van der Waals surface area contributed by atoms with Crippen molar-refractivity contribution < 1.29 is 27.1 Å². The third-order valence-corrected chi connectivity index (χ3v) is 4.48. The first-order chi connectivity index (χ1) is 14.8. The quantitative estimate of drug-likeness (QED) is 0.785. The summed E-state index contributed by atoms with van der Waals surface area (Å²) in [6.45, 7) is -3.86. The van der Waals surface area contributed by atoms with Crippen molar-refractivity contribution in [2.45, 2.75) is 58.5 Å². The number of rotatable bonds is 2. The minimum absolute atomic E-state index is 0.0516. The lowest BCUT2D eigenvalue weighted by atomic mass is 9.86. The smallest absolute Gasteiger partial charge is 0.398 e. The van der Waals surface area contributed by atoms with E-state index < -0.39 is 61.9 Å². The van der Waals surface area contributed by atoms with Crippen LogP contribution in [0.3, 0.4) is 0 Å². The molecule has 1 aromatic heterocycles. The Labute approximate surface area is 150 Å². The summed E-state index contributed by atoms with van der Waals surface area (Å²) in [6.07, 6.45) is -7.50. The third-order valence-electron chi connectivity index (χ3n) is 3.72. The molecule has 0 N–H and O–H groups in total. The number of nitrogens with zero attached hydrogens (tertiary/aromatic N) is 2. The van der Waals surface area contributed by atoms with Crippen LogP contribution in [0.1, 0.15) is 65.1 Å². The summed E-state index contributed by atoms with van der Waals surface area (Å²) >= 11 is 0.428. The molecule has 2 aliphatic rings. The molecule has 2 fully saturated rings. The van der Waals surface area contributed by atoms with Crippen molar-refractivity contribution in [1.29, 1.82) is 0 Å². The van der Waals surface area contributed by atoms with Gasteiger partial charge in [0.2, 0.25) is 0 Å². The lowest BCUT2D eigenvalue weighted by Gasteiger charge is -2.32. The maximum atomic E-state index is 8.39. The number of hydrogen-bond donors (Lipinski definition) is 0. The summed E-state index contributed by atoms with van der Waals surface area (Å²) in [4.78, 5) is 4.12. The molecule has 0 radical (unpaired) electrons. The second-order valence-corrected chi connectivity index (χ2v) is 6.53. The molecule has 0 unspecified atom stereocenters. The van der Waals surface area contributed by atoms with E-state index in [1.54, 1.807) is 27.7 Å². The zero-order valence-corrected chi connectivity index (χ0v) is 13.0. The molecule has 0 atom stereocenters. The van der Waals surface area contributed by atoms with E-state index >= 15 is 0 Å². The molecule has 0 aromatic carbocycles.